The number of ether oxygens (including phenoxy) is 2. The van der Waals surface area contributed by atoms with E-state index in [0.717, 1.165) is 43.0 Å². The predicted molar refractivity (Wildman–Crippen MR) is 185 cm³/mol. The van der Waals surface area contributed by atoms with E-state index in [0.29, 0.717) is 42.8 Å². The minimum atomic E-state index is -0.923. The Balaban J connectivity index is 1.22. The summed E-state index contributed by atoms with van der Waals surface area (Å²) in [6.45, 7) is 7.87. The molecule has 4 aliphatic heterocycles. The van der Waals surface area contributed by atoms with Crippen molar-refractivity contribution in [2.75, 3.05) is 37.7 Å². The first-order chi connectivity index (χ1) is 23.4. The molecular weight excluding hydrogens is 652 g/mol. The summed E-state index contributed by atoms with van der Waals surface area (Å²) in [7, 11) is 0. The fourth-order valence-electron chi connectivity index (χ4n) is 8.55. The summed E-state index contributed by atoms with van der Waals surface area (Å²) < 4.78 is 43.7. The number of halogens is 3. The molecule has 1 aromatic heterocycles. The zero-order chi connectivity index (χ0) is 34.2. The van der Waals surface area contributed by atoms with Crippen molar-refractivity contribution in [3.8, 4) is 22.9 Å². The highest BCUT2D eigenvalue weighted by atomic mass is 35.5. The fourth-order valence-corrected chi connectivity index (χ4v) is 8.84. The van der Waals surface area contributed by atoms with Crippen LogP contribution in [0.2, 0.25) is 5.02 Å². The Morgan fingerprint density at radius 1 is 1.08 bits per heavy atom. The van der Waals surface area contributed by atoms with Crippen LogP contribution in [0.3, 0.4) is 0 Å². The Labute approximate surface area is 288 Å². The van der Waals surface area contributed by atoms with Crippen LogP contribution in [0.25, 0.3) is 32.8 Å². The number of aromatic hydroxyl groups is 1. The molecule has 49 heavy (non-hydrogen) atoms. The molecule has 258 valence electrons. The molecule has 4 aromatic rings. The summed E-state index contributed by atoms with van der Waals surface area (Å²) in [5.74, 6) is -0.213. The average molecular weight is 692 g/mol. The van der Waals surface area contributed by atoms with E-state index in [1.807, 2.05) is 49.9 Å². The van der Waals surface area contributed by atoms with Gasteiger partial charge in [-0.2, -0.15) is 9.97 Å². The van der Waals surface area contributed by atoms with E-state index in [1.54, 1.807) is 12.1 Å². The third-order valence-corrected chi connectivity index (χ3v) is 10.9. The molecule has 1 amide bonds. The second-order valence-corrected chi connectivity index (χ2v) is 15.4. The van der Waals surface area contributed by atoms with Crippen LogP contribution in [0, 0.1) is 5.82 Å². The zero-order valence-corrected chi connectivity index (χ0v) is 28.6. The molecule has 4 fully saturated rings. The van der Waals surface area contributed by atoms with Crippen LogP contribution in [0.15, 0.2) is 42.5 Å². The molecule has 4 saturated heterocycles. The lowest BCUT2D eigenvalue weighted by Gasteiger charge is -2.42. The van der Waals surface area contributed by atoms with Gasteiger partial charge in [0.15, 0.2) is 5.82 Å². The summed E-state index contributed by atoms with van der Waals surface area (Å²) in [6.07, 6.45) is 2.49. The first-order valence-electron chi connectivity index (χ1n) is 17.1. The molecule has 0 saturated carbocycles. The van der Waals surface area contributed by atoms with Crippen molar-refractivity contribution in [3.05, 3.63) is 53.3 Å². The first kappa shape index (κ1) is 32.3. The second kappa shape index (κ2) is 11.8. The van der Waals surface area contributed by atoms with Gasteiger partial charge in [0.2, 0.25) is 0 Å². The minimum Gasteiger partial charge on any atom is -0.508 e. The third-order valence-electron chi connectivity index (χ3n) is 10.6. The van der Waals surface area contributed by atoms with E-state index in [2.05, 4.69) is 14.8 Å². The van der Waals surface area contributed by atoms with Crippen LogP contribution < -0.4 is 9.64 Å². The zero-order valence-electron chi connectivity index (χ0n) is 27.9. The maximum Gasteiger partial charge on any atom is 0.410 e. The number of aromatic nitrogens is 2. The number of carbonyl (C=O) groups excluding carboxylic acids is 1. The van der Waals surface area contributed by atoms with Gasteiger partial charge >= 0.3 is 12.1 Å². The van der Waals surface area contributed by atoms with E-state index in [1.165, 1.54) is 6.07 Å². The van der Waals surface area contributed by atoms with Gasteiger partial charge in [0.05, 0.1) is 22.6 Å². The van der Waals surface area contributed by atoms with Crippen molar-refractivity contribution in [1.29, 1.82) is 0 Å². The fraction of sp³-hybridized carbons (Fsp3) is 0.486. The molecule has 0 aliphatic carbocycles. The number of hydrogen-bond donors (Lipinski definition) is 1. The first-order valence-corrected chi connectivity index (χ1v) is 17.5. The molecule has 0 radical (unpaired) electrons. The van der Waals surface area contributed by atoms with Gasteiger partial charge in [-0.3, -0.25) is 9.80 Å². The van der Waals surface area contributed by atoms with E-state index >= 15 is 4.39 Å². The van der Waals surface area contributed by atoms with Gasteiger partial charge in [-0.25, -0.2) is 13.6 Å². The molecule has 3 aromatic carbocycles. The summed E-state index contributed by atoms with van der Waals surface area (Å²) in [4.78, 5) is 28.8. The van der Waals surface area contributed by atoms with Gasteiger partial charge in [0, 0.05) is 37.0 Å². The molecule has 2 bridgehead atoms. The van der Waals surface area contributed by atoms with Crippen molar-refractivity contribution in [3.63, 3.8) is 0 Å². The average Bonchev–Trinajstić information content (AvgIpc) is 3.66. The van der Waals surface area contributed by atoms with Gasteiger partial charge < -0.3 is 19.5 Å². The summed E-state index contributed by atoms with van der Waals surface area (Å²) in [5.41, 5.74) is -0.481. The van der Waals surface area contributed by atoms with Crippen molar-refractivity contribution in [2.45, 2.75) is 82.3 Å². The number of fused-ring (bicyclic) bond motifs is 5. The highest BCUT2D eigenvalue weighted by molar-refractivity contribution is 6.35. The van der Waals surface area contributed by atoms with Gasteiger partial charge in [-0.15, -0.1) is 0 Å². The van der Waals surface area contributed by atoms with Crippen LogP contribution in [0.4, 0.5) is 19.4 Å². The summed E-state index contributed by atoms with van der Waals surface area (Å²) in [6, 6.07) is 12.0. The number of nitrogens with zero attached hydrogens (tertiary/aromatic N) is 5. The van der Waals surface area contributed by atoms with Gasteiger partial charge in [-0.1, -0.05) is 35.9 Å². The molecule has 8 rings (SSSR count). The number of anilines is 1. The number of benzene rings is 3. The van der Waals surface area contributed by atoms with Crippen molar-refractivity contribution in [1.82, 2.24) is 19.8 Å². The predicted octanol–water partition coefficient (Wildman–Crippen LogP) is 7.49. The van der Waals surface area contributed by atoms with Gasteiger partial charge in [0.25, 0.3) is 0 Å². The second-order valence-electron chi connectivity index (χ2n) is 15.0. The lowest BCUT2D eigenvalue weighted by Crippen LogP contribution is -2.57. The molecule has 0 spiro atoms. The molecular formula is C37H40ClF2N5O4. The number of rotatable bonds is 5. The highest BCUT2D eigenvalue weighted by Gasteiger charge is 2.50. The van der Waals surface area contributed by atoms with E-state index < -0.39 is 23.1 Å². The lowest BCUT2D eigenvalue weighted by molar-refractivity contribution is 0.0122. The van der Waals surface area contributed by atoms with Crippen molar-refractivity contribution in [2.24, 2.45) is 0 Å². The highest BCUT2D eigenvalue weighted by Crippen LogP contribution is 2.45. The van der Waals surface area contributed by atoms with Crippen LogP contribution in [0.1, 0.15) is 52.9 Å². The molecule has 4 atom stereocenters. The maximum absolute atomic E-state index is 17.0. The third kappa shape index (κ3) is 5.68. The molecule has 12 heteroatoms. The Morgan fingerprint density at radius 2 is 1.84 bits per heavy atom. The number of alkyl halides is 1. The number of amides is 1. The van der Waals surface area contributed by atoms with E-state index in [9.17, 15) is 14.3 Å². The maximum atomic E-state index is 17.0. The number of carbonyl (C=O) groups is 1. The largest absolute Gasteiger partial charge is 0.508 e. The Morgan fingerprint density at radius 3 is 2.59 bits per heavy atom. The topological polar surface area (TPSA) is 91.3 Å². The van der Waals surface area contributed by atoms with Crippen molar-refractivity contribution >= 4 is 45.2 Å². The number of piperazine rings is 1. The smallest absolute Gasteiger partial charge is 0.410 e. The number of phenolic OH excluding ortho intramolecular Hbond substituents is 1. The summed E-state index contributed by atoms with van der Waals surface area (Å²) in [5, 5.41) is 12.6. The Kier molecular flexibility index (Phi) is 7.79. The lowest BCUT2D eigenvalue weighted by atomic mass is 9.95. The van der Waals surface area contributed by atoms with Crippen LogP contribution >= 0.6 is 11.6 Å². The molecule has 2 unspecified atom stereocenters. The molecule has 1 N–H and O–H groups in total. The Bertz CT molecular complexity index is 1960. The standard InChI is InChI=1S/C37H40ClF2N5O4/c1-36(2,3)49-35(47)45-23-9-10-24(45)19-43(18-23)33-28-15-29(38)30(27-14-25(46)13-21-7-4-5-8-26(21)27)31(40)32(28)41-34(42-33)48-20-37-11-6-12-44(37)17-22(39)16-37/h4-5,7-8,13-15,22-24,46H,6,9-12,16-20H2,1-3H3/t22-,23?,24?,37-/m1/s1. The van der Waals surface area contributed by atoms with Crippen LogP contribution in [0.5, 0.6) is 11.8 Å². The van der Waals surface area contributed by atoms with Gasteiger partial charge in [-0.05, 0) is 87.5 Å². The Hall–Kier alpha value is -3.96. The van der Waals surface area contributed by atoms with E-state index in [4.69, 9.17) is 26.1 Å². The van der Waals surface area contributed by atoms with Gasteiger partial charge in [0.1, 0.15) is 35.5 Å². The van der Waals surface area contributed by atoms with E-state index in [-0.39, 0.29) is 52.6 Å². The molecule has 4 aliphatic rings. The van der Waals surface area contributed by atoms with Crippen LogP contribution in [-0.2, 0) is 4.74 Å². The normalized spacial score (nSPS) is 25.4. The quantitative estimate of drug-likeness (QED) is 0.230. The number of phenols is 1. The molecule has 5 heterocycles. The minimum absolute atomic E-state index is 0.000825. The monoisotopic (exact) mass is 691 g/mol. The van der Waals surface area contributed by atoms with Crippen LogP contribution in [-0.4, -0.2) is 93.1 Å². The SMILES string of the molecule is CC(C)(C)OC(=O)N1C2CCC1CN(c1nc(OC[C@]34CCCN3C[C@H](F)C4)nc3c(F)c(-c4cc(O)cc5ccccc45)c(Cl)cc13)C2. The van der Waals surface area contributed by atoms with Crippen molar-refractivity contribution < 1.29 is 28.2 Å². The summed E-state index contributed by atoms with van der Waals surface area (Å²) >= 11 is 6.93. The number of hydrogen-bond acceptors (Lipinski definition) is 8. The molecule has 9 nitrogen and oxygen atoms in total.